The molecule has 0 saturated heterocycles. The van der Waals surface area contributed by atoms with Crippen LogP contribution in [0.1, 0.15) is 38.7 Å². The molecule has 0 aromatic heterocycles. The number of fused-ring (bicyclic) bond motifs is 1. The average Bonchev–Trinajstić information content (AvgIpc) is 2.58. The number of β-amino-alcohol motifs (C(OH)–C–C–N with tert-alkyl or cyclic N) is 1. The van der Waals surface area contributed by atoms with Crippen LogP contribution in [-0.4, -0.2) is 23.7 Å². The second-order valence-electron chi connectivity index (χ2n) is 5.44. The third-order valence-electron chi connectivity index (χ3n) is 4.09. The monoisotopic (exact) mass is 261 g/mol. The van der Waals surface area contributed by atoms with E-state index in [4.69, 9.17) is 0 Å². The molecule has 1 aliphatic heterocycles. The molecule has 2 unspecified atom stereocenters. The summed E-state index contributed by atoms with van der Waals surface area (Å²) in [7, 11) is 0. The van der Waals surface area contributed by atoms with E-state index in [1.165, 1.54) is 5.56 Å². The minimum Gasteiger partial charge on any atom is -0.391 e. The van der Waals surface area contributed by atoms with Crippen LogP contribution in [0.3, 0.4) is 0 Å². The van der Waals surface area contributed by atoms with Crippen LogP contribution in [0, 0.1) is 5.92 Å². The van der Waals surface area contributed by atoms with Gasteiger partial charge in [0.05, 0.1) is 12.6 Å². The number of amides is 1. The molecule has 1 aliphatic rings. The predicted octanol–water partition coefficient (Wildman–Crippen LogP) is 2.76. The van der Waals surface area contributed by atoms with Gasteiger partial charge in [-0.1, -0.05) is 38.5 Å². The van der Waals surface area contributed by atoms with Crippen molar-refractivity contribution in [1.82, 2.24) is 0 Å². The van der Waals surface area contributed by atoms with E-state index in [1.54, 1.807) is 4.90 Å². The molecule has 2 rings (SSSR count). The smallest absolute Gasteiger partial charge is 0.227 e. The largest absolute Gasteiger partial charge is 0.391 e. The highest BCUT2D eigenvalue weighted by Crippen LogP contribution is 2.27. The Morgan fingerprint density at radius 2 is 2.05 bits per heavy atom. The molecule has 0 radical (unpaired) electrons. The van der Waals surface area contributed by atoms with Gasteiger partial charge >= 0.3 is 0 Å². The zero-order valence-corrected chi connectivity index (χ0v) is 11.8. The Hall–Kier alpha value is -1.35. The van der Waals surface area contributed by atoms with Gasteiger partial charge in [0.2, 0.25) is 5.91 Å². The van der Waals surface area contributed by atoms with Crippen molar-refractivity contribution in [2.75, 3.05) is 11.4 Å². The number of rotatable bonds is 4. The van der Waals surface area contributed by atoms with E-state index < -0.39 is 6.10 Å². The third kappa shape index (κ3) is 3.16. The molecule has 2 atom stereocenters. The SMILES string of the molecule is CCC(C)C(O)CN1C(=O)CCCc2ccccc21. The van der Waals surface area contributed by atoms with Crippen LogP contribution in [0.5, 0.6) is 0 Å². The lowest BCUT2D eigenvalue weighted by molar-refractivity contribution is -0.119. The number of aryl methyl sites for hydroxylation is 1. The van der Waals surface area contributed by atoms with Gasteiger partial charge in [0.1, 0.15) is 0 Å². The first-order valence-corrected chi connectivity index (χ1v) is 7.19. The number of para-hydroxylation sites is 1. The highest BCUT2D eigenvalue weighted by Gasteiger charge is 2.25. The standard InChI is InChI=1S/C16H23NO2/c1-3-12(2)15(18)11-17-14-9-5-4-7-13(14)8-6-10-16(17)19/h4-5,7,9,12,15,18H,3,6,8,10-11H2,1-2H3. The van der Waals surface area contributed by atoms with Crippen LogP contribution in [0.15, 0.2) is 24.3 Å². The molecule has 0 bridgehead atoms. The average molecular weight is 261 g/mol. The fourth-order valence-electron chi connectivity index (χ4n) is 2.52. The third-order valence-corrected chi connectivity index (χ3v) is 4.09. The first-order chi connectivity index (χ1) is 9.13. The quantitative estimate of drug-likeness (QED) is 0.905. The molecule has 3 nitrogen and oxygen atoms in total. The Kier molecular flexibility index (Phi) is 4.59. The molecular weight excluding hydrogens is 238 g/mol. The van der Waals surface area contributed by atoms with Gasteiger partial charge in [-0.15, -0.1) is 0 Å². The first-order valence-electron chi connectivity index (χ1n) is 7.19. The van der Waals surface area contributed by atoms with E-state index in [-0.39, 0.29) is 11.8 Å². The first kappa shape index (κ1) is 14.1. The van der Waals surface area contributed by atoms with Gasteiger partial charge in [-0.2, -0.15) is 0 Å². The normalized spacial score (nSPS) is 18.7. The lowest BCUT2D eigenvalue weighted by Crippen LogP contribution is -2.39. The maximum atomic E-state index is 12.2. The van der Waals surface area contributed by atoms with Crippen molar-refractivity contribution in [3.8, 4) is 0 Å². The second kappa shape index (κ2) is 6.20. The van der Waals surface area contributed by atoms with Gasteiger partial charge in [0.15, 0.2) is 0 Å². The summed E-state index contributed by atoms with van der Waals surface area (Å²) in [6.07, 6.45) is 2.87. The summed E-state index contributed by atoms with van der Waals surface area (Å²) in [5.74, 6) is 0.343. The number of benzene rings is 1. The van der Waals surface area contributed by atoms with Gasteiger partial charge in [-0.3, -0.25) is 4.79 Å². The van der Waals surface area contributed by atoms with Crippen molar-refractivity contribution in [3.63, 3.8) is 0 Å². The zero-order valence-electron chi connectivity index (χ0n) is 11.8. The Morgan fingerprint density at radius 1 is 1.32 bits per heavy atom. The molecule has 0 spiro atoms. The molecule has 1 aromatic rings. The highest BCUT2D eigenvalue weighted by molar-refractivity contribution is 5.94. The summed E-state index contributed by atoms with van der Waals surface area (Å²) in [6.45, 7) is 4.50. The van der Waals surface area contributed by atoms with Crippen molar-refractivity contribution in [3.05, 3.63) is 29.8 Å². The van der Waals surface area contributed by atoms with Crippen LogP contribution >= 0.6 is 0 Å². The highest BCUT2D eigenvalue weighted by atomic mass is 16.3. The lowest BCUT2D eigenvalue weighted by Gasteiger charge is -2.28. The Bertz CT molecular complexity index is 444. The zero-order chi connectivity index (χ0) is 13.8. The van der Waals surface area contributed by atoms with Gasteiger partial charge in [0, 0.05) is 12.1 Å². The number of aliphatic hydroxyl groups is 1. The molecule has 0 aliphatic carbocycles. The van der Waals surface area contributed by atoms with Crippen molar-refractivity contribution in [2.24, 2.45) is 5.92 Å². The topological polar surface area (TPSA) is 40.5 Å². The number of carbonyl (C=O) groups is 1. The number of hydrogen-bond donors (Lipinski definition) is 1. The molecule has 3 heteroatoms. The van der Waals surface area contributed by atoms with E-state index in [2.05, 4.69) is 13.0 Å². The molecule has 0 fully saturated rings. The van der Waals surface area contributed by atoms with Crippen LogP contribution < -0.4 is 4.90 Å². The minimum absolute atomic E-state index is 0.132. The van der Waals surface area contributed by atoms with E-state index >= 15 is 0 Å². The molecule has 1 aromatic carbocycles. The fourth-order valence-corrected chi connectivity index (χ4v) is 2.52. The van der Waals surface area contributed by atoms with Crippen LogP contribution in [0.25, 0.3) is 0 Å². The molecule has 1 heterocycles. The van der Waals surface area contributed by atoms with Gasteiger partial charge in [0.25, 0.3) is 0 Å². The summed E-state index contributed by atoms with van der Waals surface area (Å²) in [6, 6.07) is 8.04. The van der Waals surface area contributed by atoms with Gasteiger partial charge in [-0.05, 0) is 30.4 Å². The van der Waals surface area contributed by atoms with Crippen molar-refractivity contribution < 1.29 is 9.90 Å². The number of nitrogens with zero attached hydrogens (tertiary/aromatic N) is 1. The van der Waals surface area contributed by atoms with E-state index in [1.807, 2.05) is 25.1 Å². The summed E-state index contributed by atoms with van der Waals surface area (Å²) in [5.41, 5.74) is 2.19. The Balaban J connectivity index is 2.24. The number of carbonyl (C=O) groups excluding carboxylic acids is 1. The Labute approximate surface area is 115 Å². The van der Waals surface area contributed by atoms with Crippen molar-refractivity contribution >= 4 is 11.6 Å². The van der Waals surface area contributed by atoms with E-state index in [0.717, 1.165) is 24.9 Å². The molecule has 1 N–H and O–H groups in total. The maximum absolute atomic E-state index is 12.2. The fraction of sp³-hybridized carbons (Fsp3) is 0.562. The van der Waals surface area contributed by atoms with Gasteiger partial charge in [-0.25, -0.2) is 0 Å². The molecule has 104 valence electrons. The van der Waals surface area contributed by atoms with Crippen LogP contribution in [-0.2, 0) is 11.2 Å². The van der Waals surface area contributed by atoms with E-state index in [0.29, 0.717) is 13.0 Å². The molecular formula is C16H23NO2. The second-order valence-corrected chi connectivity index (χ2v) is 5.44. The summed E-state index contributed by atoms with van der Waals surface area (Å²) >= 11 is 0. The number of hydrogen-bond acceptors (Lipinski definition) is 2. The molecule has 0 saturated carbocycles. The minimum atomic E-state index is -0.458. The Morgan fingerprint density at radius 3 is 2.79 bits per heavy atom. The van der Waals surface area contributed by atoms with Crippen LogP contribution in [0.4, 0.5) is 5.69 Å². The molecule has 19 heavy (non-hydrogen) atoms. The maximum Gasteiger partial charge on any atom is 0.227 e. The summed E-state index contributed by atoms with van der Waals surface area (Å²) in [4.78, 5) is 14.0. The predicted molar refractivity (Wildman–Crippen MR) is 77.2 cm³/mol. The lowest BCUT2D eigenvalue weighted by atomic mass is 10.0. The van der Waals surface area contributed by atoms with Crippen molar-refractivity contribution in [1.29, 1.82) is 0 Å². The van der Waals surface area contributed by atoms with Crippen molar-refractivity contribution in [2.45, 2.75) is 45.6 Å². The summed E-state index contributed by atoms with van der Waals surface area (Å²) in [5, 5.41) is 10.2. The number of anilines is 1. The van der Waals surface area contributed by atoms with Crippen LogP contribution in [0.2, 0.25) is 0 Å². The summed E-state index contributed by atoms with van der Waals surface area (Å²) < 4.78 is 0. The number of aliphatic hydroxyl groups excluding tert-OH is 1. The molecule has 1 amide bonds. The van der Waals surface area contributed by atoms with Gasteiger partial charge < -0.3 is 10.0 Å². The van der Waals surface area contributed by atoms with E-state index in [9.17, 15) is 9.90 Å².